The molecule has 0 saturated carbocycles. The Labute approximate surface area is 106 Å². The van der Waals surface area contributed by atoms with Gasteiger partial charge >= 0.3 is 0 Å². The molecule has 2 aliphatic rings. The van der Waals surface area contributed by atoms with Crippen molar-refractivity contribution in [3.63, 3.8) is 0 Å². The minimum absolute atomic E-state index is 0.759. The molecule has 2 nitrogen and oxygen atoms in total. The fourth-order valence-corrected chi connectivity index (χ4v) is 3.37. The maximum atomic E-state index is 4.29. The zero-order valence-corrected chi connectivity index (χ0v) is 11.5. The van der Waals surface area contributed by atoms with Gasteiger partial charge in [-0.3, -0.25) is 9.80 Å². The Morgan fingerprint density at radius 1 is 1.19 bits per heavy atom. The average molecular weight is 242 g/mol. The molecule has 2 rings (SSSR count). The van der Waals surface area contributed by atoms with Gasteiger partial charge in [0.2, 0.25) is 0 Å². The summed E-state index contributed by atoms with van der Waals surface area (Å²) in [6, 6.07) is 1.62. The number of nitrogens with zero attached hydrogens (tertiary/aromatic N) is 2. The van der Waals surface area contributed by atoms with Gasteiger partial charge in [0.15, 0.2) is 0 Å². The van der Waals surface area contributed by atoms with Crippen molar-refractivity contribution in [3.05, 3.63) is 0 Å². The van der Waals surface area contributed by atoms with E-state index in [0.29, 0.717) is 0 Å². The van der Waals surface area contributed by atoms with Gasteiger partial charge in [-0.15, -0.1) is 0 Å². The maximum Gasteiger partial charge on any atom is 0.0223 e. The summed E-state index contributed by atoms with van der Waals surface area (Å²) in [5, 5.41) is 0. The van der Waals surface area contributed by atoms with E-state index in [1.807, 2.05) is 0 Å². The number of piperazine rings is 1. The molecule has 0 spiro atoms. The molecule has 0 aromatic carbocycles. The molecule has 16 heavy (non-hydrogen) atoms. The summed E-state index contributed by atoms with van der Waals surface area (Å²) < 4.78 is 0. The first-order valence-corrected chi connectivity index (χ1v) is 7.53. The van der Waals surface area contributed by atoms with Crippen molar-refractivity contribution in [3.8, 4) is 0 Å². The minimum atomic E-state index is 0.759. The summed E-state index contributed by atoms with van der Waals surface area (Å²) in [6.45, 7) is 7.64. The molecule has 0 bridgehead atoms. The van der Waals surface area contributed by atoms with Crippen molar-refractivity contribution < 1.29 is 0 Å². The molecule has 2 aliphatic heterocycles. The van der Waals surface area contributed by atoms with Gasteiger partial charge in [0.05, 0.1) is 0 Å². The van der Waals surface area contributed by atoms with Crippen LogP contribution in [0.25, 0.3) is 0 Å². The fraction of sp³-hybridized carbons (Fsp3) is 1.00. The lowest BCUT2D eigenvalue weighted by Crippen LogP contribution is -2.58. The second-order valence-electron chi connectivity index (χ2n) is 5.42. The van der Waals surface area contributed by atoms with Gasteiger partial charge in [-0.25, -0.2) is 0 Å². The fourth-order valence-electron chi connectivity index (χ4n) is 3.15. The summed E-state index contributed by atoms with van der Waals surface area (Å²) in [5.41, 5.74) is 0. The minimum Gasteiger partial charge on any atom is -0.298 e. The predicted octanol–water partition coefficient (Wildman–Crippen LogP) is 2.26. The number of hydrogen-bond acceptors (Lipinski definition) is 3. The first-order valence-electron chi connectivity index (χ1n) is 6.90. The smallest absolute Gasteiger partial charge is 0.0223 e. The molecular weight excluding hydrogens is 216 g/mol. The van der Waals surface area contributed by atoms with Crippen LogP contribution in [0.5, 0.6) is 0 Å². The van der Waals surface area contributed by atoms with E-state index in [2.05, 4.69) is 29.4 Å². The van der Waals surface area contributed by atoms with Gasteiger partial charge in [-0.05, 0) is 51.4 Å². The molecule has 2 atom stereocenters. The number of thiol groups is 1. The van der Waals surface area contributed by atoms with Crippen molar-refractivity contribution in [2.45, 2.75) is 51.1 Å². The Hall–Kier alpha value is 0.270. The van der Waals surface area contributed by atoms with Crippen LogP contribution < -0.4 is 0 Å². The topological polar surface area (TPSA) is 6.48 Å². The van der Waals surface area contributed by atoms with Gasteiger partial charge in [0, 0.05) is 25.2 Å². The number of rotatable bonds is 4. The quantitative estimate of drug-likeness (QED) is 0.597. The van der Waals surface area contributed by atoms with Crippen LogP contribution >= 0.6 is 12.6 Å². The first-order chi connectivity index (χ1) is 7.81. The van der Waals surface area contributed by atoms with E-state index in [0.717, 1.165) is 17.8 Å². The first kappa shape index (κ1) is 12.7. The van der Waals surface area contributed by atoms with Crippen LogP contribution in [0.3, 0.4) is 0 Å². The van der Waals surface area contributed by atoms with Crippen LogP contribution in [-0.4, -0.2) is 53.8 Å². The average Bonchev–Trinajstić information content (AvgIpc) is 2.30. The summed E-state index contributed by atoms with van der Waals surface area (Å²) in [4.78, 5) is 5.43. The normalized spacial score (nSPS) is 32.6. The Morgan fingerprint density at radius 2 is 2.06 bits per heavy atom. The summed E-state index contributed by atoms with van der Waals surface area (Å²) in [5.74, 6) is 1.04. The third kappa shape index (κ3) is 3.14. The third-order valence-electron chi connectivity index (χ3n) is 4.17. The highest BCUT2D eigenvalue weighted by molar-refractivity contribution is 7.80. The number of unbranched alkanes of at least 4 members (excludes halogenated alkanes) is 1. The Balaban J connectivity index is 1.80. The van der Waals surface area contributed by atoms with Crippen molar-refractivity contribution in [2.24, 2.45) is 0 Å². The molecule has 0 radical (unpaired) electrons. The number of fused-ring (bicyclic) bond motifs is 1. The lowest BCUT2D eigenvalue weighted by Gasteiger charge is -2.47. The van der Waals surface area contributed by atoms with E-state index >= 15 is 0 Å². The standard InChI is InChI=1S/C13H26N2S/c1-12-10-15-8-3-2-6-13(15)11-14(12)7-4-5-9-16/h12-13,16H,2-11H2,1H3. The van der Waals surface area contributed by atoms with E-state index in [9.17, 15) is 0 Å². The highest BCUT2D eigenvalue weighted by atomic mass is 32.1. The van der Waals surface area contributed by atoms with Crippen LogP contribution in [-0.2, 0) is 0 Å². The molecule has 3 heteroatoms. The van der Waals surface area contributed by atoms with E-state index in [4.69, 9.17) is 0 Å². The second-order valence-corrected chi connectivity index (χ2v) is 5.87. The Kier molecular flexibility index (Phi) is 4.98. The maximum absolute atomic E-state index is 4.29. The van der Waals surface area contributed by atoms with Gasteiger partial charge in [0.25, 0.3) is 0 Å². The Morgan fingerprint density at radius 3 is 2.88 bits per heavy atom. The van der Waals surface area contributed by atoms with E-state index in [1.54, 1.807) is 0 Å². The molecule has 0 aliphatic carbocycles. The van der Waals surface area contributed by atoms with E-state index in [-0.39, 0.29) is 0 Å². The lowest BCUT2D eigenvalue weighted by atomic mass is 9.97. The van der Waals surface area contributed by atoms with Crippen LogP contribution in [0.15, 0.2) is 0 Å². The van der Waals surface area contributed by atoms with Crippen molar-refractivity contribution in [1.82, 2.24) is 9.80 Å². The molecule has 0 aromatic heterocycles. The van der Waals surface area contributed by atoms with Crippen molar-refractivity contribution >= 4 is 12.6 Å². The van der Waals surface area contributed by atoms with Crippen LogP contribution in [0.4, 0.5) is 0 Å². The molecule has 0 N–H and O–H groups in total. The Bertz CT molecular complexity index is 210. The zero-order chi connectivity index (χ0) is 11.4. The second kappa shape index (κ2) is 6.27. The molecule has 0 amide bonds. The van der Waals surface area contributed by atoms with Crippen LogP contribution in [0.2, 0.25) is 0 Å². The van der Waals surface area contributed by atoms with Gasteiger partial charge in [0.1, 0.15) is 0 Å². The number of hydrogen-bond donors (Lipinski definition) is 1. The van der Waals surface area contributed by atoms with Crippen LogP contribution in [0.1, 0.15) is 39.0 Å². The molecule has 2 heterocycles. The molecule has 2 fully saturated rings. The largest absolute Gasteiger partial charge is 0.298 e. The molecule has 0 aromatic rings. The van der Waals surface area contributed by atoms with Gasteiger partial charge in [-0.1, -0.05) is 6.42 Å². The summed E-state index contributed by atoms with van der Waals surface area (Å²) >= 11 is 4.29. The highest BCUT2D eigenvalue weighted by Crippen LogP contribution is 2.24. The van der Waals surface area contributed by atoms with E-state index < -0.39 is 0 Å². The predicted molar refractivity (Wildman–Crippen MR) is 73.3 cm³/mol. The third-order valence-corrected chi connectivity index (χ3v) is 4.49. The van der Waals surface area contributed by atoms with Gasteiger partial charge < -0.3 is 0 Å². The van der Waals surface area contributed by atoms with Crippen molar-refractivity contribution in [2.75, 3.05) is 31.9 Å². The molecule has 2 unspecified atom stereocenters. The highest BCUT2D eigenvalue weighted by Gasteiger charge is 2.32. The molecular formula is C13H26N2S. The summed E-state index contributed by atoms with van der Waals surface area (Å²) in [7, 11) is 0. The van der Waals surface area contributed by atoms with Crippen molar-refractivity contribution in [1.29, 1.82) is 0 Å². The number of piperidine rings is 1. The summed E-state index contributed by atoms with van der Waals surface area (Å²) in [6.07, 6.45) is 6.87. The lowest BCUT2D eigenvalue weighted by molar-refractivity contribution is 0.0149. The zero-order valence-electron chi connectivity index (χ0n) is 10.6. The van der Waals surface area contributed by atoms with E-state index in [1.165, 1.54) is 58.3 Å². The van der Waals surface area contributed by atoms with Crippen LogP contribution in [0, 0.1) is 0 Å². The van der Waals surface area contributed by atoms with Gasteiger partial charge in [-0.2, -0.15) is 12.6 Å². The molecule has 2 saturated heterocycles. The SMILES string of the molecule is CC1CN2CCCCC2CN1CCCCS. The monoisotopic (exact) mass is 242 g/mol. The molecule has 94 valence electrons.